The van der Waals surface area contributed by atoms with Crippen LogP contribution in [0.2, 0.25) is 5.02 Å². The molecule has 142 valence electrons. The fourth-order valence-electron chi connectivity index (χ4n) is 2.81. The van der Waals surface area contributed by atoms with Crippen LogP contribution in [0.3, 0.4) is 0 Å². The third kappa shape index (κ3) is 3.72. The quantitative estimate of drug-likeness (QED) is 0.496. The third-order valence-electron chi connectivity index (χ3n) is 4.22. The number of methoxy groups -OCH3 is 1. The zero-order valence-corrected chi connectivity index (χ0v) is 16.4. The Morgan fingerprint density at radius 2 is 2.07 bits per heavy atom. The summed E-state index contributed by atoms with van der Waals surface area (Å²) in [5.74, 6) is 0.0847. The average molecular weight is 416 g/mol. The highest BCUT2D eigenvalue weighted by molar-refractivity contribution is 7.15. The van der Waals surface area contributed by atoms with Crippen molar-refractivity contribution in [1.82, 2.24) is 9.38 Å². The second-order valence-electron chi connectivity index (χ2n) is 6.08. The summed E-state index contributed by atoms with van der Waals surface area (Å²) in [6, 6.07) is 11.5. The number of amides is 1. The minimum absolute atomic E-state index is 0.145. The Labute approximate surface area is 169 Å². The third-order valence-corrected chi connectivity index (χ3v) is 5.42. The van der Waals surface area contributed by atoms with E-state index in [1.807, 2.05) is 40.2 Å². The van der Waals surface area contributed by atoms with Gasteiger partial charge < -0.3 is 10.1 Å². The highest BCUT2D eigenvalue weighted by Crippen LogP contribution is 2.26. The van der Waals surface area contributed by atoms with Crippen molar-refractivity contribution in [3.8, 4) is 17.0 Å². The van der Waals surface area contributed by atoms with Crippen LogP contribution in [-0.4, -0.2) is 22.4 Å². The molecule has 8 heteroatoms. The van der Waals surface area contributed by atoms with Gasteiger partial charge in [-0.25, -0.2) is 9.37 Å². The number of aromatic nitrogens is 2. The molecule has 0 saturated carbocycles. The van der Waals surface area contributed by atoms with Gasteiger partial charge in [0.05, 0.1) is 29.9 Å². The van der Waals surface area contributed by atoms with Crippen molar-refractivity contribution in [3.63, 3.8) is 0 Å². The maximum atomic E-state index is 13.1. The number of carbonyl (C=O) groups is 1. The molecule has 4 rings (SSSR count). The molecule has 0 aliphatic carbocycles. The van der Waals surface area contributed by atoms with Crippen molar-refractivity contribution in [2.45, 2.75) is 6.42 Å². The highest BCUT2D eigenvalue weighted by atomic mass is 35.5. The summed E-state index contributed by atoms with van der Waals surface area (Å²) in [7, 11) is 1.62. The Bertz CT molecular complexity index is 1150. The maximum Gasteiger partial charge on any atom is 0.230 e. The van der Waals surface area contributed by atoms with E-state index in [0.717, 1.165) is 33.7 Å². The van der Waals surface area contributed by atoms with Gasteiger partial charge in [-0.05, 0) is 42.5 Å². The Morgan fingerprint density at radius 1 is 1.29 bits per heavy atom. The molecule has 5 nitrogen and oxygen atoms in total. The van der Waals surface area contributed by atoms with E-state index in [0.29, 0.717) is 5.69 Å². The first-order valence-corrected chi connectivity index (χ1v) is 9.64. The van der Waals surface area contributed by atoms with Crippen molar-refractivity contribution in [1.29, 1.82) is 0 Å². The average Bonchev–Trinajstić information content (AvgIpc) is 3.26. The molecule has 0 unspecified atom stereocenters. The first-order chi connectivity index (χ1) is 13.5. The van der Waals surface area contributed by atoms with Gasteiger partial charge in [0.15, 0.2) is 4.96 Å². The second kappa shape index (κ2) is 7.61. The summed E-state index contributed by atoms with van der Waals surface area (Å²) in [5, 5.41) is 4.77. The summed E-state index contributed by atoms with van der Waals surface area (Å²) < 4.78 is 20.2. The smallest absolute Gasteiger partial charge is 0.230 e. The fourth-order valence-corrected chi connectivity index (χ4v) is 3.89. The molecule has 1 N–H and O–H groups in total. The largest absolute Gasteiger partial charge is 0.497 e. The molecule has 0 spiro atoms. The zero-order valence-electron chi connectivity index (χ0n) is 14.8. The molecule has 0 aliphatic rings. The van der Waals surface area contributed by atoms with E-state index in [1.54, 1.807) is 7.11 Å². The number of hydrogen-bond acceptors (Lipinski definition) is 4. The number of benzene rings is 2. The van der Waals surface area contributed by atoms with E-state index in [2.05, 4.69) is 10.3 Å². The van der Waals surface area contributed by atoms with Crippen LogP contribution in [0.25, 0.3) is 16.2 Å². The first-order valence-electron chi connectivity index (χ1n) is 8.38. The van der Waals surface area contributed by atoms with Crippen molar-refractivity contribution < 1.29 is 13.9 Å². The van der Waals surface area contributed by atoms with E-state index in [-0.39, 0.29) is 17.4 Å². The van der Waals surface area contributed by atoms with Crippen molar-refractivity contribution in [2.24, 2.45) is 0 Å². The van der Waals surface area contributed by atoms with Gasteiger partial charge >= 0.3 is 0 Å². The second-order valence-corrected chi connectivity index (χ2v) is 7.33. The number of ether oxygens (including phenoxy) is 1. The molecule has 2 heterocycles. The van der Waals surface area contributed by atoms with Crippen LogP contribution in [0, 0.1) is 5.82 Å². The summed E-state index contributed by atoms with van der Waals surface area (Å²) in [6.07, 6.45) is 2.05. The molecule has 28 heavy (non-hydrogen) atoms. The van der Waals surface area contributed by atoms with Gasteiger partial charge in [0.25, 0.3) is 0 Å². The topological polar surface area (TPSA) is 55.6 Å². The van der Waals surface area contributed by atoms with Gasteiger partial charge in [0.2, 0.25) is 5.91 Å². The number of halogens is 2. The van der Waals surface area contributed by atoms with E-state index in [1.165, 1.54) is 23.5 Å². The molecular weight excluding hydrogens is 401 g/mol. The fraction of sp³-hybridized carbons (Fsp3) is 0.100. The summed E-state index contributed by atoms with van der Waals surface area (Å²) >= 11 is 7.43. The van der Waals surface area contributed by atoms with Crippen molar-refractivity contribution in [2.75, 3.05) is 12.4 Å². The van der Waals surface area contributed by atoms with E-state index < -0.39 is 5.82 Å². The maximum absolute atomic E-state index is 13.1. The van der Waals surface area contributed by atoms with Gasteiger partial charge in [0, 0.05) is 22.8 Å². The number of imidazole rings is 1. The SMILES string of the molecule is COc1ccc(-c2cn3c(CC(=O)Nc4ccc(F)cc4Cl)csc3n2)cc1. The number of hydrogen-bond donors (Lipinski definition) is 1. The number of anilines is 1. The standard InChI is InChI=1S/C20H15ClFN3O2S/c1-27-15-5-2-12(3-6-15)18-10-25-14(11-28-20(25)24-18)9-19(26)23-17-7-4-13(22)8-16(17)21/h2-8,10-11H,9H2,1H3,(H,23,26). The van der Waals surface area contributed by atoms with Gasteiger partial charge in [-0.3, -0.25) is 9.20 Å². The summed E-state index contributed by atoms with van der Waals surface area (Å²) in [6.45, 7) is 0. The molecule has 1 amide bonds. The Hall–Kier alpha value is -2.90. The Balaban J connectivity index is 1.54. The molecule has 0 aliphatic heterocycles. The van der Waals surface area contributed by atoms with E-state index in [9.17, 15) is 9.18 Å². The molecule has 2 aromatic heterocycles. The van der Waals surface area contributed by atoms with Crippen LogP contribution in [0.4, 0.5) is 10.1 Å². The Morgan fingerprint density at radius 3 is 2.79 bits per heavy atom. The summed E-state index contributed by atoms with van der Waals surface area (Å²) in [5.41, 5.74) is 2.97. The van der Waals surface area contributed by atoms with Gasteiger partial charge in [-0.1, -0.05) is 11.6 Å². The lowest BCUT2D eigenvalue weighted by molar-refractivity contribution is -0.115. The van der Waals surface area contributed by atoms with E-state index >= 15 is 0 Å². The van der Waals surface area contributed by atoms with Crippen molar-refractivity contribution in [3.05, 3.63) is 70.6 Å². The number of rotatable bonds is 5. The zero-order chi connectivity index (χ0) is 19.7. The van der Waals surface area contributed by atoms with Gasteiger partial charge in [-0.15, -0.1) is 11.3 Å². The molecule has 0 bridgehead atoms. The molecular formula is C20H15ClFN3O2S. The lowest BCUT2D eigenvalue weighted by Gasteiger charge is -2.07. The summed E-state index contributed by atoms with van der Waals surface area (Å²) in [4.78, 5) is 17.8. The van der Waals surface area contributed by atoms with Crippen LogP contribution in [-0.2, 0) is 11.2 Å². The molecule has 2 aromatic carbocycles. The lowest BCUT2D eigenvalue weighted by atomic mass is 10.2. The predicted molar refractivity (Wildman–Crippen MR) is 109 cm³/mol. The lowest BCUT2D eigenvalue weighted by Crippen LogP contribution is -2.15. The molecule has 0 fully saturated rings. The highest BCUT2D eigenvalue weighted by Gasteiger charge is 2.14. The molecule has 4 aromatic rings. The number of thiazole rings is 1. The van der Waals surface area contributed by atoms with Crippen LogP contribution in [0.15, 0.2) is 54.0 Å². The number of carbonyl (C=O) groups excluding carboxylic acids is 1. The van der Waals surface area contributed by atoms with Gasteiger partial charge in [0.1, 0.15) is 11.6 Å². The predicted octanol–water partition coefficient (Wildman–Crippen LogP) is 5.05. The molecule has 0 atom stereocenters. The monoisotopic (exact) mass is 415 g/mol. The van der Waals surface area contributed by atoms with Crippen LogP contribution in [0.1, 0.15) is 5.69 Å². The van der Waals surface area contributed by atoms with Crippen LogP contribution < -0.4 is 10.1 Å². The van der Waals surface area contributed by atoms with Crippen LogP contribution >= 0.6 is 22.9 Å². The number of nitrogens with one attached hydrogen (secondary N) is 1. The molecule has 0 radical (unpaired) electrons. The number of nitrogens with zero attached hydrogens (tertiary/aromatic N) is 2. The number of fused-ring (bicyclic) bond motifs is 1. The normalized spacial score (nSPS) is 11.0. The van der Waals surface area contributed by atoms with Crippen LogP contribution in [0.5, 0.6) is 5.75 Å². The molecule has 0 saturated heterocycles. The minimum Gasteiger partial charge on any atom is -0.497 e. The van der Waals surface area contributed by atoms with Crippen molar-refractivity contribution >= 4 is 39.5 Å². The van der Waals surface area contributed by atoms with E-state index in [4.69, 9.17) is 16.3 Å². The minimum atomic E-state index is -0.452. The Kier molecular flexibility index (Phi) is 5.02. The first kappa shape index (κ1) is 18.5. The van der Waals surface area contributed by atoms with Gasteiger partial charge in [-0.2, -0.15) is 0 Å².